The van der Waals surface area contributed by atoms with Gasteiger partial charge in [-0.15, -0.1) is 0 Å². The molecule has 1 unspecified atom stereocenters. The smallest absolute Gasteiger partial charge is 0.233 e. The third-order valence-corrected chi connectivity index (χ3v) is 3.39. The van der Waals surface area contributed by atoms with Crippen LogP contribution in [0.5, 0.6) is 0 Å². The number of likely N-dealkylation sites (tertiary alicyclic amines) is 1. The van der Waals surface area contributed by atoms with Crippen molar-refractivity contribution in [3.63, 3.8) is 0 Å². The fourth-order valence-corrected chi connectivity index (χ4v) is 2.41. The van der Waals surface area contributed by atoms with Gasteiger partial charge in [0.05, 0.1) is 5.92 Å². The van der Waals surface area contributed by atoms with Gasteiger partial charge in [-0.3, -0.25) is 4.79 Å². The van der Waals surface area contributed by atoms with E-state index in [-0.39, 0.29) is 17.2 Å². The first kappa shape index (κ1) is 13.8. The molecule has 1 aliphatic rings. The molecule has 0 aromatic carbocycles. The highest BCUT2D eigenvalue weighted by molar-refractivity contribution is 6.02. The minimum Gasteiger partial charge on any atom is -0.409 e. The standard InChI is InChI=1S/C12H23N3O2/c1-4-9(10(13)14-17)11(16)15-7-5-6-12(2,3)8-15/h9,17H,4-8H2,1-3H3,(H2,13,14). The van der Waals surface area contributed by atoms with Gasteiger partial charge in [0.25, 0.3) is 0 Å². The quantitative estimate of drug-likeness (QED) is 0.339. The molecular weight excluding hydrogens is 218 g/mol. The minimum absolute atomic E-state index is 0.0147. The molecule has 5 heteroatoms. The summed E-state index contributed by atoms with van der Waals surface area (Å²) in [5, 5.41) is 11.6. The van der Waals surface area contributed by atoms with Crippen LogP contribution in [0.4, 0.5) is 0 Å². The maximum absolute atomic E-state index is 12.3. The number of rotatable bonds is 3. The van der Waals surface area contributed by atoms with E-state index < -0.39 is 5.92 Å². The second-order valence-corrected chi connectivity index (χ2v) is 5.51. The summed E-state index contributed by atoms with van der Waals surface area (Å²) in [6.07, 6.45) is 2.72. The van der Waals surface area contributed by atoms with Gasteiger partial charge in [-0.05, 0) is 24.7 Å². The molecule has 0 aromatic rings. The van der Waals surface area contributed by atoms with Gasteiger partial charge in [0.2, 0.25) is 5.91 Å². The van der Waals surface area contributed by atoms with E-state index in [9.17, 15) is 4.79 Å². The van der Waals surface area contributed by atoms with Gasteiger partial charge in [-0.1, -0.05) is 25.9 Å². The molecule has 5 nitrogen and oxygen atoms in total. The molecule has 98 valence electrons. The van der Waals surface area contributed by atoms with E-state index >= 15 is 0 Å². The summed E-state index contributed by atoms with van der Waals surface area (Å²) in [7, 11) is 0. The van der Waals surface area contributed by atoms with E-state index in [1.165, 1.54) is 0 Å². The lowest BCUT2D eigenvalue weighted by molar-refractivity contribution is -0.136. The number of carbonyl (C=O) groups excluding carboxylic acids is 1. The number of hydrogen-bond acceptors (Lipinski definition) is 3. The number of oxime groups is 1. The second-order valence-electron chi connectivity index (χ2n) is 5.51. The third kappa shape index (κ3) is 3.35. The molecule has 17 heavy (non-hydrogen) atoms. The summed E-state index contributed by atoms with van der Waals surface area (Å²) in [6.45, 7) is 7.72. The average Bonchev–Trinajstić information content (AvgIpc) is 2.28. The Hall–Kier alpha value is -1.26. The highest BCUT2D eigenvalue weighted by Crippen LogP contribution is 2.29. The Balaban J connectivity index is 2.74. The molecule has 0 radical (unpaired) electrons. The molecule has 1 saturated heterocycles. The van der Waals surface area contributed by atoms with Crippen molar-refractivity contribution in [1.82, 2.24) is 4.90 Å². The molecule has 0 aliphatic carbocycles. The van der Waals surface area contributed by atoms with Gasteiger partial charge >= 0.3 is 0 Å². The molecule has 1 atom stereocenters. The number of nitrogens with zero attached hydrogens (tertiary/aromatic N) is 2. The number of piperidine rings is 1. The predicted octanol–water partition coefficient (Wildman–Crippen LogP) is 1.41. The normalized spacial score (nSPS) is 22.3. The molecule has 1 amide bonds. The van der Waals surface area contributed by atoms with Crippen molar-refractivity contribution in [1.29, 1.82) is 0 Å². The number of carbonyl (C=O) groups is 1. The van der Waals surface area contributed by atoms with Crippen molar-refractivity contribution < 1.29 is 10.0 Å². The molecular formula is C12H23N3O2. The lowest BCUT2D eigenvalue weighted by Crippen LogP contribution is -2.48. The van der Waals surface area contributed by atoms with Crippen LogP contribution in [0.15, 0.2) is 5.16 Å². The summed E-state index contributed by atoms with van der Waals surface area (Å²) in [5.41, 5.74) is 5.72. The number of nitrogens with two attached hydrogens (primary N) is 1. The van der Waals surface area contributed by atoms with Crippen LogP contribution < -0.4 is 5.73 Å². The van der Waals surface area contributed by atoms with Crippen LogP contribution >= 0.6 is 0 Å². The van der Waals surface area contributed by atoms with E-state index in [4.69, 9.17) is 10.9 Å². The molecule has 0 spiro atoms. The number of amides is 1. The zero-order valence-electron chi connectivity index (χ0n) is 10.9. The maximum Gasteiger partial charge on any atom is 0.233 e. The predicted molar refractivity (Wildman–Crippen MR) is 66.8 cm³/mol. The van der Waals surface area contributed by atoms with E-state index in [0.29, 0.717) is 6.42 Å². The van der Waals surface area contributed by atoms with Gasteiger partial charge in [0.1, 0.15) is 0 Å². The SMILES string of the molecule is CCC(C(=O)N1CCCC(C)(C)C1)C(N)=NO. The molecule has 0 bridgehead atoms. The molecule has 1 rings (SSSR count). The maximum atomic E-state index is 12.3. The largest absolute Gasteiger partial charge is 0.409 e. The Morgan fingerprint density at radius 1 is 1.59 bits per heavy atom. The first-order valence-electron chi connectivity index (χ1n) is 6.17. The topological polar surface area (TPSA) is 78.9 Å². The van der Waals surface area contributed by atoms with Gasteiger partial charge in [0, 0.05) is 13.1 Å². The fourth-order valence-electron chi connectivity index (χ4n) is 2.41. The summed E-state index contributed by atoms with van der Waals surface area (Å²) >= 11 is 0. The molecule has 0 aromatic heterocycles. The lowest BCUT2D eigenvalue weighted by atomic mass is 9.83. The van der Waals surface area contributed by atoms with Gasteiger partial charge in [-0.25, -0.2) is 0 Å². The minimum atomic E-state index is -0.492. The van der Waals surface area contributed by atoms with Crippen LogP contribution in [0.25, 0.3) is 0 Å². The van der Waals surface area contributed by atoms with Crippen LogP contribution in [-0.4, -0.2) is 34.9 Å². The van der Waals surface area contributed by atoms with Crippen LogP contribution in [0.1, 0.15) is 40.0 Å². The Kier molecular flexibility index (Phi) is 4.37. The Morgan fingerprint density at radius 2 is 2.24 bits per heavy atom. The Bertz CT molecular complexity index is 313. The highest BCUT2D eigenvalue weighted by Gasteiger charge is 2.33. The highest BCUT2D eigenvalue weighted by atomic mass is 16.4. The molecule has 1 heterocycles. The Morgan fingerprint density at radius 3 is 2.71 bits per heavy atom. The zero-order chi connectivity index (χ0) is 13.1. The van der Waals surface area contributed by atoms with E-state index in [2.05, 4.69) is 19.0 Å². The van der Waals surface area contributed by atoms with Crippen LogP contribution in [-0.2, 0) is 4.79 Å². The summed E-state index contributed by atoms with van der Waals surface area (Å²) in [5.74, 6) is -0.495. The zero-order valence-corrected chi connectivity index (χ0v) is 10.9. The summed E-state index contributed by atoms with van der Waals surface area (Å²) in [4.78, 5) is 14.1. The average molecular weight is 241 g/mol. The monoisotopic (exact) mass is 241 g/mol. The van der Waals surface area contributed by atoms with Crippen molar-refractivity contribution in [2.75, 3.05) is 13.1 Å². The Labute approximate surface area is 103 Å². The first-order chi connectivity index (χ1) is 7.91. The third-order valence-electron chi connectivity index (χ3n) is 3.39. The van der Waals surface area contributed by atoms with Crippen LogP contribution in [0, 0.1) is 11.3 Å². The van der Waals surface area contributed by atoms with Crippen LogP contribution in [0.2, 0.25) is 0 Å². The van der Waals surface area contributed by atoms with Crippen molar-refractivity contribution in [3.05, 3.63) is 0 Å². The van der Waals surface area contributed by atoms with Crippen LogP contribution in [0.3, 0.4) is 0 Å². The van der Waals surface area contributed by atoms with Gasteiger partial charge < -0.3 is 15.8 Å². The fraction of sp³-hybridized carbons (Fsp3) is 0.833. The van der Waals surface area contributed by atoms with Crippen molar-refractivity contribution >= 4 is 11.7 Å². The number of hydrogen-bond donors (Lipinski definition) is 2. The number of amidine groups is 1. The molecule has 1 aliphatic heterocycles. The molecule has 3 N–H and O–H groups in total. The van der Waals surface area contributed by atoms with E-state index in [1.54, 1.807) is 0 Å². The summed E-state index contributed by atoms with van der Waals surface area (Å²) < 4.78 is 0. The second kappa shape index (κ2) is 5.38. The van der Waals surface area contributed by atoms with Gasteiger partial charge in [-0.2, -0.15) is 0 Å². The first-order valence-corrected chi connectivity index (χ1v) is 6.17. The lowest BCUT2D eigenvalue weighted by Gasteiger charge is -2.39. The molecule has 1 fully saturated rings. The van der Waals surface area contributed by atoms with Crippen molar-refractivity contribution in [2.24, 2.45) is 22.2 Å². The van der Waals surface area contributed by atoms with Crippen molar-refractivity contribution in [2.45, 2.75) is 40.0 Å². The van der Waals surface area contributed by atoms with Gasteiger partial charge in [0.15, 0.2) is 5.84 Å². The summed E-state index contributed by atoms with van der Waals surface area (Å²) in [6, 6.07) is 0. The van der Waals surface area contributed by atoms with E-state index in [0.717, 1.165) is 25.9 Å². The van der Waals surface area contributed by atoms with Crippen molar-refractivity contribution in [3.8, 4) is 0 Å². The molecule has 0 saturated carbocycles. The van der Waals surface area contributed by atoms with E-state index in [1.807, 2.05) is 11.8 Å².